The van der Waals surface area contributed by atoms with Crippen LogP contribution in [0.1, 0.15) is 27.3 Å². The Labute approximate surface area is 111 Å². The molecule has 0 saturated carbocycles. The molecule has 0 saturated heterocycles. The molecule has 6 nitrogen and oxygen atoms in total. The van der Waals surface area contributed by atoms with Crippen LogP contribution in [0.3, 0.4) is 0 Å². The number of nitrogen functional groups attached to an aromatic ring is 1. The maximum Gasteiger partial charge on any atom is 0.253 e. The fraction of sp³-hybridized carbons (Fsp3) is 0.308. The highest BCUT2D eigenvalue weighted by Crippen LogP contribution is 2.13. The molecular weight excluding hydrogens is 242 g/mol. The van der Waals surface area contributed by atoms with Crippen molar-refractivity contribution in [2.45, 2.75) is 20.4 Å². The Morgan fingerprint density at radius 1 is 1.47 bits per heavy atom. The highest BCUT2D eigenvalue weighted by Gasteiger charge is 2.13. The molecule has 0 radical (unpaired) electrons. The second-order valence-corrected chi connectivity index (χ2v) is 4.42. The van der Waals surface area contributed by atoms with E-state index in [4.69, 9.17) is 5.73 Å². The molecule has 0 aliphatic carbocycles. The number of amides is 1. The van der Waals surface area contributed by atoms with Gasteiger partial charge in [0.15, 0.2) is 0 Å². The Bertz CT molecular complexity index is 617. The van der Waals surface area contributed by atoms with Crippen molar-refractivity contribution in [3.63, 3.8) is 0 Å². The number of hydrogen-bond acceptors (Lipinski definition) is 4. The lowest BCUT2D eigenvalue weighted by Gasteiger charge is -2.07. The number of carbonyl (C=O) groups excluding carboxylic acids is 1. The Balaban J connectivity index is 2.11. The maximum absolute atomic E-state index is 12.0. The van der Waals surface area contributed by atoms with Crippen molar-refractivity contribution in [2.75, 3.05) is 5.73 Å². The molecule has 0 atom stereocenters. The van der Waals surface area contributed by atoms with Crippen LogP contribution in [-0.2, 0) is 13.6 Å². The van der Waals surface area contributed by atoms with Gasteiger partial charge in [-0.3, -0.25) is 14.5 Å². The molecule has 0 aliphatic heterocycles. The Hall–Kier alpha value is -2.37. The molecule has 0 unspecified atom stereocenters. The third-order valence-electron chi connectivity index (χ3n) is 3.18. The summed E-state index contributed by atoms with van der Waals surface area (Å²) in [6.45, 7) is 4.34. The third kappa shape index (κ3) is 2.57. The first kappa shape index (κ1) is 13.1. The molecule has 0 bridgehead atoms. The number of nitrogens with one attached hydrogen (secondary N) is 1. The Morgan fingerprint density at radius 3 is 2.79 bits per heavy atom. The molecule has 3 N–H and O–H groups in total. The van der Waals surface area contributed by atoms with Gasteiger partial charge in [-0.05, 0) is 19.9 Å². The van der Waals surface area contributed by atoms with Crippen LogP contribution in [0, 0.1) is 13.8 Å². The first-order valence-corrected chi connectivity index (χ1v) is 5.97. The summed E-state index contributed by atoms with van der Waals surface area (Å²) in [4.78, 5) is 15.9. The van der Waals surface area contributed by atoms with Gasteiger partial charge in [-0.2, -0.15) is 5.10 Å². The number of hydrogen-bond donors (Lipinski definition) is 2. The molecule has 2 heterocycles. The summed E-state index contributed by atoms with van der Waals surface area (Å²) in [7, 11) is 1.88. The van der Waals surface area contributed by atoms with Crippen molar-refractivity contribution in [3.05, 3.63) is 41.0 Å². The fourth-order valence-corrected chi connectivity index (χ4v) is 1.95. The molecule has 2 aromatic rings. The number of nitrogens with two attached hydrogens (primary N) is 1. The maximum atomic E-state index is 12.0. The Morgan fingerprint density at radius 2 is 2.21 bits per heavy atom. The third-order valence-corrected chi connectivity index (χ3v) is 3.18. The van der Waals surface area contributed by atoms with Crippen LogP contribution in [0.5, 0.6) is 0 Å². The summed E-state index contributed by atoms with van der Waals surface area (Å²) in [6, 6.07) is 1.60. The van der Waals surface area contributed by atoms with Crippen LogP contribution in [0.2, 0.25) is 0 Å². The van der Waals surface area contributed by atoms with Crippen molar-refractivity contribution in [1.82, 2.24) is 20.1 Å². The zero-order valence-corrected chi connectivity index (χ0v) is 11.3. The first-order chi connectivity index (χ1) is 9.00. The summed E-state index contributed by atoms with van der Waals surface area (Å²) in [5.74, 6) is -0.206. The van der Waals surface area contributed by atoms with Gasteiger partial charge in [0.2, 0.25) is 0 Å². The van der Waals surface area contributed by atoms with E-state index in [0.717, 1.165) is 17.0 Å². The molecule has 0 aliphatic rings. The molecule has 100 valence electrons. The van der Waals surface area contributed by atoms with Crippen molar-refractivity contribution < 1.29 is 4.79 Å². The molecule has 0 aromatic carbocycles. The lowest BCUT2D eigenvalue weighted by Crippen LogP contribution is -2.24. The SMILES string of the molecule is Cc1nn(C)c(C)c1CNC(=O)c1ccncc1N. The number of aryl methyl sites for hydroxylation is 2. The minimum Gasteiger partial charge on any atom is -0.397 e. The van der Waals surface area contributed by atoms with Crippen LogP contribution in [-0.4, -0.2) is 20.7 Å². The number of pyridine rings is 1. The number of carbonyl (C=O) groups is 1. The fourth-order valence-electron chi connectivity index (χ4n) is 1.95. The molecule has 2 rings (SSSR count). The van der Waals surface area contributed by atoms with Crippen molar-refractivity contribution >= 4 is 11.6 Å². The average Bonchev–Trinajstić information content (AvgIpc) is 2.61. The van der Waals surface area contributed by atoms with Gasteiger partial charge in [0.1, 0.15) is 0 Å². The van der Waals surface area contributed by atoms with Gasteiger partial charge >= 0.3 is 0 Å². The van der Waals surface area contributed by atoms with Gasteiger partial charge in [0.25, 0.3) is 5.91 Å². The van der Waals surface area contributed by atoms with Gasteiger partial charge in [0, 0.05) is 31.0 Å². The average molecular weight is 259 g/mol. The van der Waals surface area contributed by atoms with Crippen molar-refractivity contribution in [3.8, 4) is 0 Å². The first-order valence-electron chi connectivity index (χ1n) is 5.97. The second kappa shape index (κ2) is 5.09. The van der Waals surface area contributed by atoms with Crippen LogP contribution in [0.15, 0.2) is 18.5 Å². The van der Waals surface area contributed by atoms with Crippen LogP contribution in [0.4, 0.5) is 5.69 Å². The van der Waals surface area contributed by atoms with E-state index in [9.17, 15) is 4.79 Å². The quantitative estimate of drug-likeness (QED) is 0.859. The number of nitrogens with zero attached hydrogens (tertiary/aromatic N) is 3. The van der Waals surface area contributed by atoms with Crippen LogP contribution < -0.4 is 11.1 Å². The highest BCUT2D eigenvalue weighted by atomic mass is 16.1. The lowest BCUT2D eigenvalue weighted by molar-refractivity contribution is 0.0951. The lowest BCUT2D eigenvalue weighted by atomic mass is 10.1. The second-order valence-electron chi connectivity index (χ2n) is 4.42. The van der Waals surface area contributed by atoms with Crippen LogP contribution in [0.25, 0.3) is 0 Å². The van der Waals surface area contributed by atoms with E-state index in [2.05, 4.69) is 15.4 Å². The van der Waals surface area contributed by atoms with E-state index in [1.54, 1.807) is 16.9 Å². The van der Waals surface area contributed by atoms with E-state index >= 15 is 0 Å². The van der Waals surface area contributed by atoms with Crippen molar-refractivity contribution in [2.24, 2.45) is 7.05 Å². The molecule has 1 amide bonds. The molecule has 0 fully saturated rings. The van der Waals surface area contributed by atoms with Crippen molar-refractivity contribution in [1.29, 1.82) is 0 Å². The summed E-state index contributed by atoms with van der Waals surface area (Å²) >= 11 is 0. The van der Waals surface area contributed by atoms with E-state index in [0.29, 0.717) is 17.8 Å². The molecule has 2 aromatic heterocycles. The minimum absolute atomic E-state index is 0.206. The van der Waals surface area contributed by atoms with Gasteiger partial charge in [-0.15, -0.1) is 0 Å². The zero-order valence-electron chi connectivity index (χ0n) is 11.3. The standard InChI is InChI=1S/C13H17N5O/c1-8-11(9(2)18(3)17-8)6-16-13(19)10-4-5-15-7-12(10)14/h4-5,7H,6,14H2,1-3H3,(H,16,19). The zero-order chi connectivity index (χ0) is 14.0. The summed E-state index contributed by atoms with van der Waals surface area (Å²) in [6.07, 6.45) is 3.02. The topological polar surface area (TPSA) is 85.8 Å². The predicted molar refractivity (Wildman–Crippen MR) is 72.5 cm³/mol. The highest BCUT2D eigenvalue weighted by molar-refractivity contribution is 5.98. The van der Waals surface area contributed by atoms with Gasteiger partial charge in [-0.25, -0.2) is 0 Å². The number of aromatic nitrogens is 3. The van der Waals surface area contributed by atoms with Gasteiger partial charge in [0.05, 0.1) is 23.1 Å². The summed E-state index contributed by atoms with van der Waals surface area (Å²) < 4.78 is 1.80. The molecule has 6 heteroatoms. The van der Waals surface area contributed by atoms with E-state index in [1.165, 1.54) is 6.20 Å². The summed E-state index contributed by atoms with van der Waals surface area (Å²) in [5, 5.41) is 7.16. The number of rotatable bonds is 3. The molecular formula is C13H17N5O. The monoisotopic (exact) mass is 259 g/mol. The van der Waals surface area contributed by atoms with E-state index < -0.39 is 0 Å². The van der Waals surface area contributed by atoms with E-state index in [-0.39, 0.29) is 5.91 Å². The molecule has 0 spiro atoms. The van der Waals surface area contributed by atoms with E-state index in [1.807, 2.05) is 20.9 Å². The van der Waals surface area contributed by atoms with Gasteiger partial charge in [-0.1, -0.05) is 0 Å². The smallest absolute Gasteiger partial charge is 0.253 e. The Kier molecular flexibility index (Phi) is 3.50. The molecule has 19 heavy (non-hydrogen) atoms. The summed E-state index contributed by atoms with van der Waals surface area (Å²) in [5.41, 5.74) is 9.52. The normalized spacial score (nSPS) is 10.5. The minimum atomic E-state index is -0.206. The van der Waals surface area contributed by atoms with Crippen LogP contribution >= 0.6 is 0 Å². The number of anilines is 1. The largest absolute Gasteiger partial charge is 0.397 e. The predicted octanol–water partition coefficient (Wildman–Crippen LogP) is 0.944. The van der Waals surface area contributed by atoms with Gasteiger partial charge < -0.3 is 11.1 Å².